The lowest BCUT2D eigenvalue weighted by Gasteiger charge is -2.38. The summed E-state index contributed by atoms with van der Waals surface area (Å²) in [5.74, 6) is 0.223. The van der Waals surface area contributed by atoms with Gasteiger partial charge in [0.15, 0.2) is 29.9 Å². The third-order valence-electron chi connectivity index (χ3n) is 8.67. The Morgan fingerprint density at radius 3 is 2.66 bits per heavy atom. The molecule has 0 saturated carbocycles. The van der Waals surface area contributed by atoms with Crippen LogP contribution in [0.4, 0.5) is 25.2 Å². The van der Waals surface area contributed by atoms with Gasteiger partial charge in [-0.1, -0.05) is 0 Å². The molecule has 4 aliphatic rings. The number of nitrogens with zero attached hydrogens (tertiary/aromatic N) is 6. The van der Waals surface area contributed by atoms with Crippen molar-refractivity contribution in [3.8, 4) is 5.88 Å². The van der Waals surface area contributed by atoms with E-state index in [-0.39, 0.29) is 52.8 Å². The molecule has 2 aromatic heterocycles. The lowest BCUT2D eigenvalue weighted by atomic mass is 9.90. The molecule has 41 heavy (non-hydrogen) atoms. The van der Waals surface area contributed by atoms with E-state index in [9.17, 15) is 9.59 Å². The topological polar surface area (TPSA) is 127 Å². The van der Waals surface area contributed by atoms with Crippen molar-refractivity contribution in [1.29, 1.82) is 0 Å². The van der Waals surface area contributed by atoms with Gasteiger partial charge in [-0.2, -0.15) is 0 Å². The van der Waals surface area contributed by atoms with E-state index in [1.807, 2.05) is 0 Å². The smallest absolute Gasteiger partial charge is 0.416 e. The van der Waals surface area contributed by atoms with Gasteiger partial charge in [-0.05, 0) is 36.9 Å². The summed E-state index contributed by atoms with van der Waals surface area (Å²) in [5.41, 5.74) is 0.561. The van der Waals surface area contributed by atoms with E-state index in [2.05, 4.69) is 30.5 Å². The van der Waals surface area contributed by atoms with Gasteiger partial charge in [0.05, 0.1) is 19.3 Å². The van der Waals surface area contributed by atoms with Crippen molar-refractivity contribution in [2.24, 2.45) is 13.0 Å². The molecular formula is C27H30F2N8O4. The van der Waals surface area contributed by atoms with Gasteiger partial charge in [0, 0.05) is 39.5 Å². The number of carbonyl (C=O) groups excluding carboxylic acids is 2. The summed E-state index contributed by atoms with van der Waals surface area (Å²) < 4.78 is 43.8. The molecule has 1 aromatic carbocycles. The summed E-state index contributed by atoms with van der Waals surface area (Å²) in [6.45, 7) is 2.70. The summed E-state index contributed by atoms with van der Waals surface area (Å²) in [6, 6.07) is 0. The highest BCUT2D eigenvalue weighted by Gasteiger charge is 2.48. The number of aromatic nitrogens is 4. The number of anilines is 2. The number of hydrogen-bond acceptors (Lipinski definition) is 9. The highest BCUT2D eigenvalue weighted by molar-refractivity contribution is 5.95. The van der Waals surface area contributed by atoms with Crippen molar-refractivity contribution in [3.63, 3.8) is 0 Å². The van der Waals surface area contributed by atoms with Crippen LogP contribution >= 0.6 is 0 Å². The molecule has 7 rings (SSSR count). The largest absolute Gasteiger partial charge is 0.465 e. The summed E-state index contributed by atoms with van der Waals surface area (Å²) in [5, 5.41) is 5.59. The molecule has 12 nitrogen and oxygen atoms in total. The maximum atomic E-state index is 15.6. The van der Waals surface area contributed by atoms with Crippen molar-refractivity contribution >= 4 is 34.7 Å². The monoisotopic (exact) mass is 568 g/mol. The lowest BCUT2D eigenvalue weighted by molar-refractivity contribution is -0.118. The molecule has 1 spiro atoms. The lowest BCUT2D eigenvalue weighted by Crippen LogP contribution is -2.48. The van der Waals surface area contributed by atoms with E-state index in [0.717, 1.165) is 0 Å². The van der Waals surface area contributed by atoms with Crippen LogP contribution in [0.5, 0.6) is 5.88 Å². The standard InChI is InChI=1S/C27H30F2N8O4/c1-30-9-17-32-22-20(28)15-7-14(8-16(15)21(29)23(22)35(17)2)11-36-5-3-27(4-6-36)13-37(26(39)41-27)18-10-31-25-24(33-18)34-19(38)12-40-25/h10,14,30H,3-9,11-13H2,1-2H3,(H,33,34,38). The second kappa shape index (κ2) is 9.58. The molecule has 216 valence electrons. The maximum absolute atomic E-state index is 15.6. The molecule has 2 amide bonds. The maximum Gasteiger partial charge on any atom is 0.416 e. The zero-order valence-corrected chi connectivity index (χ0v) is 22.8. The van der Waals surface area contributed by atoms with Crippen molar-refractivity contribution in [2.75, 3.05) is 50.1 Å². The number of rotatable bonds is 5. The van der Waals surface area contributed by atoms with E-state index in [1.54, 1.807) is 18.7 Å². The molecule has 2 fully saturated rings. The highest BCUT2D eigenvalue weighted by Crippen LogP contribution is 2.39. The van der Waals surface area contributed by atoms with Crippen LogP contribution in [0.2, 0.25) is 0 Å². The van der Waals surface area contributed by atoms with Gasteiger partial charge >= 0.3 is 6.09 Å². The predicted molar refractivity (Wildman–Crippen MR) is 143 cm³/mol. The Balaban J connectivity index is 1.01. The molecule has 3 aliphatic heterocycles. The number of imidazole rings is 1. The Bertz CT molecular complexity index is 1590. The second-order valence-electron chi connectivity index (χ2n) is 11.3. The summed E-state index contributed by atoms with van der Waals surface area (Å²) in [4.78, 5) is 41.1. The molecule has 0 bridgehead atoms. The summed E-state index contributed by atoms with van der Waals surface area (Å²) in [6.07, 6.45) is 3.11. The normalized spacial score (nSPS) is 21.7. The minimum absolute atomic E-state index is 0.0856. The minimum Gasteiger partial charge on any atom is -0.465 e. The van der Waals surface area contributed by atoms with Gasteiger partial charge in [-0.15, -0.1) is 0 Å². The third-order valence-corrected chi connectivity index (χ3v) is 8.67. The number of piperidine rings is 1. The average molecular weight is 569 g/mol. The second-order valence-corrected chi connectivity index (χ2v) is 11.3. The number of likely N-dealkylation sites (tertiary alicyclic amines) is 1. The number of nitrogens with one attached hydrogen (secondary N) is 2. The van der Waals surface area contributed by atoms with E-state index in [0.29, 0.717) is 75.4 Å². The first kappa shape index (κ1) is 26.0. The third kappa shape index (κ3) is 4.27. The van der Waals surface area contributed by atoms with Crippen LogP contribution in [-0.4, -0.2) is 81.9 Å². The van der Waals surface area contributed by atoms with Crippen LogP contribution in [0.3, 0.4) is 0 Å². The van der Waals surface area contributed by atoms with E-state index >= 15 is 8.78 Å². The number of amides is 2. The van der Waals surface area contributed by atoms with E-state index < -0.39 is 17.5 Å². The molecule has 2 saturated heterocycles. The fraction of sp³-hybridized carbons (Fsp3) is 0.519. The quantitative estimate of drug-likeness (QED) is 0.475. The zero-order chi connectivity index (χ0) is 28.5. The predicted octanol–water partition coefficient (Wildman–Crippen LogP) is 1.90. The molecule has 14 heteroatoms. The Labute approximate surface area is 234 Å². The fourth-order valence-corrected chi connectivity index (χ4v) is 6.58. The number of benzene rings is 1. The number of aryl methyl sites for hydroxylation is 1. The van der Waals surface area contributed by atoms with Crippen LogP contribution in [-0.2, 0) is 36.0 Å². The Hall–Kier alpha value is -3.91. The number of fused-ring (bicyclic) bond motifs is 3. The summed E-state index contributed by atoms with van der Waals surface area (Å²) >= 11 is 0. The van der Waals surface area contributed by atoms with Gasteiger partial charge in [-0.3, -0.25) is 9.69 Å². The molecule has 0 radical (unpaired) electrons. The van der Waals surface area contributed by atoms with Crippen molar-refractivity contribution in [2.45, 2.75) is 37.8 Å². The molecular weight excluding hydrogens is 538 g/mol. The number of halogens is 2. The average Bonchev–Trinajstić information content (AvgIpc) is 3.63. The van der Waals surface area contributed by atoms with Crippen LogP contribution in [0.1, 0.15) is 29.8 Å². The SMILES string of the molecule is CNCc1nc2c(F)c3c(c(F)c2n1C)CC(CN1CCC2(CC1)CN(c1cnc4c(n1)NC(=O)CO4)C(=O)O2)C3. The number of hydrogen-bond donors (Lipinski definition) is 2. The van der Waals surface area contributed by atoms with Crippen LogP contribution in [0.15, 0.2) is 6.20 Å². The Kier molecular flexibility index (Phi) is 6.08. The van der Waals surface area contributed by atoms with Crippen molar-refractivity contribution < 1.29 is 27.8 Å². The van der Waals surface area contributed by atoms with Crippen molar-refractivity contribution in [3.05, 3.63) is 34.8 Å². The van der Waals surface area contributed by atoms with Gasteiger partial charge in [0.1, 0.15) is 22.5 Å². The minimum atomic E-state index is -0.657. The van der Waals surface area contributed by atoms with Gasteiger partial charge in [-0.25, -0.2) is 28.5 Å². The molecule has 3 aromatic rings. The van der Waals surface area contributed by atoms with Crippen LogP contribution in [0, 0.1) is 17.6 Å². The van der Waals surface area contributed by atoms with Gasteiger partial charge in [0.25, 0.3) is 11.8 Å². The molecule has 1 atom stereocenters. The van der Waals surface area contributed by atoms with Crippen molar-refractivity contribution in [1.82, 2.24) is 29.7 Å². The molecule has 5 heterocycles. The van der Waals surface area contributed by atoms with E-state index in [1.165, 1.54) is 11.1 Å². The van der Waals surface area contributed by atoms with Crippen LogP contribution in [0.25, 0.3) is 11.0 Å². The zero-order valence-electron chi connectivity index (χ0n) is 22.8. The fourth-order valence-electron chi connectivity index (χ4n) is 6.58. The Morgan fingerprint density at radius 1 is 1.15 bits per heavy atom. The highest BCUT2D eigenvalue weighted by atomic mass is 19.1. The number of carbonyl (C=O) groups is 2. The van der Waals surface area contributed by atoms with Crippen LogP contribution < -0.4 is 20.3 Å². The molecule has 1 unspecified atom stereocenters. The van der Waals surface area contributed by atoms with Gasteiger partial charge in [0.2, 0.25) is 0 Å². The number of ether oxygens (including phenoxy) is 2. The molecule has 2 N–H and O–H groups in total. The first-order valence-corrected chi connectivity index (χ1v) is 13.8. The molecule has 1 aliphatic carbocycles. The summed E-state index contributed by atoms with van der Waals surface area (Å²) in [7, 11) is 3.49. The first-order valence-electron chi connectivity index (χ1n) is 13.8. The van der Waals surface area contributed by atoms with Gasteiger partial charge < -0.3 is 29.6 Å². The Morgan fingerprint density at radius 2 is 1.90 bits per heavy atom. The first-order chi connectivity index (χ1) is 19.7. The van der Waals surface area contributed by atoms with E-state index in [4.69, 9.17) is 9.47 Å².